The number of hydrogen-bond acceptors (Lipinski definition) is 0. The molecule has 0 heterocycles. The van der Waals surface area contributed by atoms with Crippen LogP contribution in [-0.4, -0.2) is 12.4 Å². The van der Waals surface area contributed by atoms with Crippen molar-refractivity contribution in [3.63, 3.8) is 0 Å². The van der Waals surface area contributed by atoms with Gasteiger partial charge in [-0.15, -0.1) is 0 Å². The van der Waals surface area contributed by atoms with Crippen molar-refractivity contribution in [2.45, 2.75) is 18.8 Å². The van der Waals surface area contributed by atoms with Crippen molar-refractivity contribution in [3.05, 3.63) is 29.7 Å². The van der Waals surface area contributed by atoms with Gasteiger partial charge in [-0.1, -0.05) is 0 Å². The standard InChI is InChI=1S/C8H3F6/c9-7(10,11)5-2-1-3-6(4-5)8(12,13)14/h4H,2H2. The highest BCUT2D eigenvalue weighted by Crippen LogP contribution is 2.36. The first-order chi connectivity index (χ1) is 6.21. The number of allylic oxidation sites excluding steroid dienone is 4. The van der Waals surface area contributed by atoms with Crippen LogP contribution in [-0.2, 0) is 0 Å². The largest absolute Gasteiger partial charge is 0.416 e. The number of rotatable bonds is 0. The van der Waals surface area contributed by atoms with Gasteiger partial charge in [-0.25, -0.2) is 0 Å². The molecule has 0 unspecified atom stereocenters. The molecule has 0 saturated carbocycles. The molecule has 0 N–H and O–H groups in total. The smallest absolute Gasteiger partial charge is 0.166 e. The van der Waals surface area contributed by atoms with E-state index in [0.29, 0.717) is 0 Å². The zero-order valence-electron chi connectivity index (χ0n) is 6.55. The van der Waals surface area contributed by atoms with Gasteiger partial charge in [-0.05, 0) is 18.6 Å². The number of hydrogen-bond donors (Lipinski definition) is 0. The van der Waals surface area contributed by atoms with Gasteiger partial charge in [-0.2, -0.15) is 26.3 Å². The van der Waals surface area contributed by atoms with Crippen molar-refractivity contribution >= 4 is 0 Å². The first-order valence-corrected chi connectivity index (χ1v) is 3.42. The second-order valence-corrected chi connectivity index (χ2v) is 2.56. The predicted octanol–water partition coefficient (Wildman–Crippen LogP) is 3.25. The van der Waals surface area contributed by atoms with Gasteiger partial charge in [-0.3, -0.25) is 0 Å². The Labute approximate surface area is 75.9 Å². The van der Waals surface area contributed by atoms with Crippen LogP contribution in [0, 0.1) is 12.5 Å². The lowest BCUT2D eigenvalue weighted by atomic mass is 9.99. The molecule has 0 nitrogen and oxygen atoms in total. The van der Waals surface area contributed by atoms with E-state index >= 15 is 0 Å². The summed E-state index contributed by atoms with van der Waals surface area (Å²) in [5, 5.41) is 0. The minimum Gasteiger partial charge on any atom is -0.166 e. The zero-order chi connectivity index (χ0) is 11.0. The van der Waals surface area contributed by atoms with E-state index in [1.54, 1.807) is 12.5 Å². The average molecular weight is 213 g/mol. The fourth-order valence-electron chi connectivity index (χ4n) is 0.831. The fourth-order valence-corrected chi connectivity index (χ4v) is 0.831. The average Bonchev–Trinajstić information content (AvgIpc) is 2.01. The molecule has 0 atom stereocenters. The lowest BCUT2D eigenvalue weighted by Gasteiger charge is -2.16. The third-order valence-electron chi connectivity index (χ3n) is 1.49. The van der Waals surface area contributed by atoms with Crippen LogP contribution in [0.4, 0.5) is 26.3 Å². The van der Waals surface area contributed by atoms with Crippen LogP contribution in [0.1, 0.15) is 6.42 Å². The van der Waals surface area contributed by atoms with Crippen LogP contribution in [0.3, 0.4) is 0 Å². The van der Waals surface area contributed by atoms with Crippen molar-refractivity contribution < 1.29 is 26.3 Å². The Morgan fingerprint density at radius 2 is 1.57 bits per heavy atom. The molecule has 0 aromatic heterocycles. The van der Waals surface area contributed by atoms with Crippen LogP contribution >= 0.6 is 0 Å². The molecule has 77 valence electrons. The Bertz CT molecular complexity index is 277. The molecule has 0 aromatic carbocycles. The SMILES string of the molecule is FC(F)(F)C1=[C][C]CC(C(F)(F)F)=C1. The molecule has 14 heavy (non-hydrogen) atoms. The van der Waals surface area contributed by atoms with E-state index in [0.717, 1.165) is 0 Å². The van der Waals surface area contributed by atoms with Gasteiger partial charge in [0.15, 0.2) is 0 Å². The number of alkyl halides is 6. The van der Waals surface area contributed by atoms with Crippen LogP contribution in [0.2, 0.25) is 0 Å². The fraction of sp³-hybridized carbons (Fsp3) is 0.375. The van der Waals surface area contributed by atoms with Crippen molar-refractivity contribution in [2.75, 3.05) is 0 Å². The van der Waals surface area contributed by atoms with E-state index in [1.165, 1.54) is 0 Å². The summed E-state index contributed by atoms with van der Waals surface area (Å²) in [6.07, 6.45) is -6.77. The van der Waals surface area contributed by atoms with Crippen LogP contribution in [0.5, 0.6) is 0 Å². The molecule has 0 aromatic rings. The summed E-state index contributed by atoms with van der Waals surface area (Å²) >= 11 is 0. The lowest BCUT2D eigenvalue weighted by Crippen LogP contribution is -2.19. The summed E-state index contributed by atoms with van der Waals surface area (Å²) in [4.78, 5) is 0. The van der Waals surface area contributed by atoms with Gasteiger partial charge in [0.1, 0.15) is 0 Å². The maximum atomic E-state index is 12.0. The van der Waals surface area contributed by atoms with E-state index in [9.17, 15) is 26.3 Å². The maximum Gasteiger partial charge on any atom is 0.416 e. The molecular weight excluding hydrogens is 210 g/mol. The van der Waals surface area contributed by atoms with Crippen LogP contribution < -0.4 is 0 Å². The Hall–Kier alpha value is -0.940. The molecule has 0 bridgehead atoms. The van der Waals surface area contributed by atoms with E-state index in [4.69, 9.17) is 0 Å². The Morgan fingerprint density at radius 3 is 2.00 bits per heavy atom. The highest BCUT2D eigenvalue weighted by Gasteiger charge is 2.39. The summed E-state index contributed by atoms with van der Waals surface area (Å²) in [5.74, 6) is 0. The van der Waals surface area contributed by atoms with E-state index in [-0.39, 0.29) is 6.08 Å². The van der Waals surface area contributed by atoms with E-state index in [1.807, 2.05) is 0 Å². The molecule has 0 spiro atoms. The molecule has 1 aliphatic carbocycles. The number of halogens is 6. The Balaban J connectivity index is 2.95. The second kappa shape index (κ2) is 3.33. The van der Waals surface area contributed by atoms with Gasteiger partial charge in [0.2, 0.25) is 0 Å². The monoisotopic (exact) mass is 213 g/mol. The van der Waals surface area contributed by atoms with Crippen molar-refractivity contribution in [1.82, 2.24) is 0 Å². The van der Waals surface area contributed by atoms with Crippen LogP contribution in [0.25, 0.3) is 0 Å². The first-order valence-electron chi connectivity index (χ1n) is 3.42. The van der Waals surface area contributed by atoms with Gasteiger partial charge < -0.3 is 0 Å². The Morgan fingerprint density at radius 1 is 1.00 bits per heavy atom. The molecule has 1 aliphatic rings. The molecular formula is C8H3F6. The third kappa shape index (κ3) is 2.52. The van der Waals surface area contributed by atoms with E-state index < -0.39 is 29.9 Å². The predicted molar refractivity (Wildman–Crippen MR) is 34.8 cm³/mol. The molecule has 0 amide bonds. The third-order valence-corrected chi connectivity index (χ3v) is 1.49. The molecule has 0 fully saturated rings. The molecule has 0 aliphatic heterocycles. The highest BCUT2D eigenvalue weighted by molar-refractivity contribution is 5.34. The quantitative estimate of drug-likeness (QED) is 0.542. The Kier molecular flexibility index (Phi) is 2.65. The normalized spacial score (nSPS) is 19.0. The minimum absolute atomic E-state index is 0.0521. The maximum absolute atomic E-state index is 12.0. The zero-order valence-corrected chi connectivity index (χ0v) is 6.55. The topological polar surface area (TPSA) is 0 Å². The summed E-state index contributed by atoms with van der Waals surface area (Å²) in [6, 6.07) is 0. The summed E-state index contributed by atoms with van der Waals surface area (Å²) < 4.78 is 71.8. The summed E-state index contributed by atoms with van der Waals surface area (Å²) in [5.41, 5.74) is -2.71. The van der Waals surface area contributed by atoms with Crippen LogP contribution in [0.15, 0.2) is 17.2 Å². The second-order valence-electron chi connectivity index (χ2n) is 2.56. The lowest BCUT2D eigenvalue weighted by molar-refractivity contribution is -0.0979. The van der Waals surface area contributed by atoms with Gasteiger partial charge in [0.25, 0.3) is 0 Å². The molecule has 3 radical (unpaired) electrons. The molecule has 1 rings (SSSR count). The summed E-state index contributed by atoms with van der Waals surface area (Å²) in [7, 11) is 0. The van der Waals surface area contributed by atoms with Crippen molar-refractivity contribution in [1.29, 1.82) is 0 Å². The van der Waals surface area contributed by atoms with Gasteiger partial charge in [0.05, 0.1) is 5.57 Å². The van der Waals surface area contributed by atoms with Gasteiger partial charge >= 0.3 is 12.4 Å². The molecule has 6 heteroatoms. The molecule has 0 saturated heterocycles. The first kappa shape index (κ1) is 11.1. The van der Waals surface area contributed by atoms with Gasteiger partial charge in [0, 0.05) is 12.0 Å². The highest BCUT2D eigenvalue weighted by atomic mass is 19.4. The van der Waals surface area contributed by atoms with E-state index in [2.05, 4.69) is 0 Å². The summed E-state index contributed by atoms with van der Waals surface area (Å²) in [6.45, 7) is 0. The van der Waals surface area contributed by atoms with Crippen molar-refractivity contribution in [3.8, 4) is 0 Å². The van der Waals surface area contributed by atoms with Crippen molar-refractivity contribution in [2.24, 2.45) is 0 Å². The minimum atomic E-state index is -4.82.